The van der Waals surface area contributed by atoms with E-state index in [1.807, 2.05) is 4.57 Å². The Morgan fingerprint density at radius 2 is 2.37 bits per heavy atom. The van der Waals surface area contributed by atoms with E-state index < -0.39 is 5.82 Å². The van der Waals surface area contributed by atoms with Crippen LogP contribution < -0.4 is 0 Å². The van der Waals surface area contributed by atoms with E-state index >= 15 is 0 Å². The van der Waals surface area contributed by atoms with Gasteiger partial charge in [0.1, 0.15) is 5.82 Å². The predicted molar refractivity (Wildman–Crippen MR) is 75.6 cm³/mol. The molecule has 2 aromatic rings. The average Bonchev–Trinajstić information content (AvgIpc) is 2.68. The first-order valence-electron chi connectivity index (χ1n) is 6.30. The molecule has 1 aliphatic heterocycles. The van der Waals surface area contributed by atoms with Crippen LogP contribution in [0.25, 0.3) is 11.0 Å². The fraction of sp³-hybridized carbons (Fsp3) is 0.462. The highest BCUT2D eigenvalue weighted by atomic mass is 35.5. The SMILES string of the molecule is Fc1cc2[nH]c(=S)n(CC3CCCOC3)c2cc1Cl. The minimum absolute atomic E-state index is 0.121. The molecule has 19 heavy (non-hydrogen) atoms. The van der Waals surface area contributed by atoms with E-state index in [-0.39, 0.29) is 5.02 Å². The molecule has 0 radical (unpaired) electrons. The molecule has 1 aliphatic rings. The Labute approximate surface area is 120 Å². The number of H-pyrrole nitrogens is 1. The fourth-order valence-corrected chi connectivity index (χ4v) is 2.98. The lowest BCUT2D eigenvalue weighted by Gasteiger charge is -2.22. The van der Waals surface area contributed by atoms with Crippen molar-refractivity contribution in [3.63, 3.8) is 0 Å². The van der Waals surface area contributed by atoms with Gasteiger partial charge >= 0.3 is 0 Å². The monoisotopic (exact) mass is 300 g/mol. The van der Waals surface area contributed by atoms with Gasteiger partial charge in [-0.2, -0.15) is 0 Å². The molecule has 0 saturated carbocycles. The lowest BCUT2D eigenvalue weighted by atomic mass is 10.0. The Bertz CT molecular complexity index is 660. The molecule has 1 fully saturated rings. The second-order valence-electron chi connectivity index (χ2n) is 4.91. The fourth-order valence-electron chi connectivity index (χ4n) is 2.54. The number of ether oxygens (including phenoxy) is 1. The van der Waals surface area contributed by atoms with Gasteiger partial charge < -0.3 is 14.3 Å². The Morgan fingerprint density at radius 3 is 3.11 bits per heavy atom. The summed E-state index contributed by atoms with van der Waals surface area (Å²) in [7, 11) is 0. The van der Waals surface area contributed by atoms with E-state index in [0.717, 1.165) is 38.1 Å². The molecular weight excluding hydrogens is 287 g/mol. The van der Waals surface area contributed by atoms with Crippen molar-refractivity contribution in [2.75, 3.05) is 13.2 Å². The van der Waals surface area contributed by atoms with Crippen LogP contribution in [0.4, 0.5) is 4.39 Å². The zero-order valence-corrected chi connectivity index (χ0v) is 11.9. The second kappa shape index (κ2) is 5.23. The summed E-state index contributed by atoms with van der Waals surface area (Å²) >= 11 is 11.2. The van der Waals surface area contributed by atoms with Gasteiger partial charge in [-0.25, -0.2) is 4.39 Å². The van der Waals surface area contributed by atoms with Crippen LogP contribution in [0.5, 0.6) is 0 Å². The van der Waals surface area contributed by atoms with Crippen LogP contribution in [0.15, 0.2) is 12.1 Å². The summed E-state index contributed by atoms with van der Waals surface area (Å²) in [5, 5.41) is 0.121. The smallest absolute Gasteiger partial charge is 0.178 e. The number of aromatic nitrogens is 2. The van der Waals surface area contributed by atoms with Crippen molar-refractivity contribution in [2.24, 2.45) is 5.92 Å². The molecule has 1 N–H and O–H groups in total. The highest BCUT2D eigenvalue weighted by molar-refractivity contribution is 7.71. The molecule has 3 rings (SSSR count). The minimum Gasteiger partial charge on any atom is -0.381 e. The van der Waals surface area contributed by atoms with Gasteiger partial charge in [0.05, 0.1) is 22.7 Å². The molecule has 1 unspecified atom stereocenters. The van der Waals surface area contributed by atoms with Crippen LogP contribution in [-0.4, -0.2) is 22.8 Å². The molecular formula is C13H14ClFN2OS. The average molecular weight is 301 g/mol. The van der Waals surface area contributed by atoms with E-state index in [4.69, 9.17) is 28.6 Å². The van der Waals surface area contributed by atoms with Crippen molar-refractivity contribution < 1.29 is 9.13 Å². The molecule has 3 nitrogen and oxygen atoms in total. The zero-order valence-electron chi connectivity index (χ0n) is 10.3. The molecule has 102 valence electrons. The number of nitrogens with one attached hydrogen (secondary N) is 1. The van der Waals surface area contributed by atoms with Gasteiger partial charge in [0.15, 0.2) is 4.77 Å². The lowest BCUT2D eigenvalue weighted by Crippen LogP contribution is -2.22. The quantitative estimate of drug-likeness (QED) is 0.852. The predicted octanol–water partition coefficient (Wildman–Crippen LogP) is 3.92. The van der Waals surface area contributed by atoms with Crippen LogP contribution >= 0.6 is 23.8 Å². The number of benzene rings is 1. The summed E-state index contributed by atoms with van der Waals surface area (Å²) < 4.78 is 21.5. The van der Waals surface area contributed by atoms with E-state index in [1.165, 1.54) is 6.07 Å². The molecule has 1 aromatic carbocycles. The van der Waals surface area contributed by atoms with Gasteiger partial charge in [-0.3, -0.25) is 0 Å². The van der Waals surface area contributed by atoms with E-state index in [0.29, 0.717) is 16.2 Å². The van der Waals surface area contributed by atoms with Crippen LogP contribution in [0.2, 0.25) is 5.02 Å². The molecule has 0 aliphatic carbocycles. The summed E-state index contributed by atoms with van der Waals surface area (Å²) in [6.07, 6.45) is 2.21. The van der Waals surface area contributed by atoms with Crippen molar-refractivity contribution in [1.82, 2.24) is 9.55 Å². The van der Waals surface area contributed by atoms with Gasteiger partial charge in [-0.05, 0) is 31.1 Å². The van der Waals surface area contributed by atoms with Gasteiger partial charge in [-0.1, -0.05) is 11.6 Å². The molecule has 0 bridgehead atoms. The number of imidazole rings is 1. The summed E-state index contributed by atoms with van der Waals surface area (Å²) in [5.74, 6) is 0.0156. The molecule has 0 spiro atoms. The van der Waals surface area contributed by atoms with E-state index in [1.54, 1.807) is 6.07 Å². The summed E-state index contributed by atoms with van der Waals surface area (Å²) in [6.45, 7) is 2.37. The van der Waals surface area contributed by atoms with Crippen molar-refractivity contribution in [1.29, 1.82) is 0 Å². The number of aromatic amines is 1. The maximum atomic E-state index is 13.4. The Kier molecular flexibility index (Phi) is 3.60. The van der Waals surface area contributed by atoms with Crippen molar-refractivity contribution >= 4 is 34.9 Å². The number of rotatable bonds is 2. The van der Waals surface area contributed by atoms with Crippen molar-refractivity contribution in [2.45, 2.75) is 19.4 Å². The molecule has 1 atom stereocenters. The summed E-state index contributed by atoms with van der Waals surface area (Å²) in [5.41, 5.74) is 1.53. The highest BCUT2D eigenvalue weighted by Gasteiger charge is 2.17. The zero-order chi connectivity index (χ0) is 13.4. The molecule has 1 aromatic heterocycles. The van der Waals surface area contributed by atoms with Gasteiger partial charge in [-0.15, -0.1) is 0 Å². The third kappa shape index (κ3) is 2.55. The van der Waals surface area contributed by atoms with Crippen LogP contribution in [0.1, 0.15) is 12.8 Å². The van der Waals surface area contributed by atoms with E-state index in [9.17, 15) is 4.39 Å². The number of fused-ring (bicyclic) bond motifs is 1. The molecule has 1 saturated heterocycles. The third-order valence-corrected chi connectivity index (χ3v) is 4.12. The van der Waals surface area contributed by atoms with Gasteiger partial charge in [0, 0.05) is 25.1 Å². The Balaban J connectivity index is 2.00. The van der Waals surface area contributed by atoms with Crippen molar-refractivity contribution in [3.05, 3.63) is 27.7 Å². The normalized spacial score (nSPS) is 20.0. The maximum absolute atomic E-state index is 13.4. The van der Waals surface area contributed by atoms with Crippen molar-refractivity contribution in [3.8, 4) is 0 Å². The standard InChI is InChI=1S/C13H14ClFN2OS/c14-9-4-12-11(5-10(9)15)16-13(19)17(12)6-8-2-1-3-18-7-8/h4-5,8H,1-3,6-7H2,(H,16,19). The number of nitrogens with zero attached hydrogens (tertiary/aromatic N) is 1. The summed E-state index contributed by atoms with van der Waals surface area (Å²) in [4.78, 5) is 3.02. The molecule has 6 heteroatoms. The minimum atomic E-state index is -0.432. The number of hydrogen-bond donors (Lipinski definition) is 1. The van der Waals surface area contributed by atoms with Crippen LogP contribution in [0, 0.1) is 16.5 Å². The largest absolute Gasteiger partial charge is 0.381 e. The topological polar surface area (TPSA) is 29.9 Å². The first-order valence-corrected chi connectivity index (χ1v) is 7.09. The number of hydrogen-bond acceptors (Lipinski definition) is 2. The third-order valence-electron chi connectivity index (χ3n) is 3.51. The van der Waals surface area contributed by atoms with Gasteiger partial charge in [0.2, 0.25) is 0 Å². The molecule has 0 amide bonds. The Hall–Kier alpha value is -0.910. The highest BCUT2D eigenvalue weighted by Crippen LogP contribution is 2.25. The summed E-state index contributed by atoms with van der Waals surface area (Å²) in [6, 6.07) is 3.02. The number of halogens is 2. The Morgan fingerprint density at radius 1 is 1.53 bits per heavy atom. The molecule has 2 heterocycles. The first kappa shape index (κ1) is 13.1. The second-order valence-corrected chi connectivity index (χ2v) is 5.70. The van der Waals surface area contributed by atoms with Crippen LogP contribution in [0.3, 0.4) is 0 Å². The lowest BCUT2D eigenvalue weighted by molar-refractivity contribution is 0.0486. The van der Waals surface area contributed by atoms with Gasteiger partial charge in [0.25, 0.3) is 0 Å². The van der Waals surface area contributed by atoms with Crippen LogP contribution in [-0.2, 0) is 11.3 Å². The van der Waals surface area contributed by atoms with E-state index in [2.05, 4.69) is 4.98 Å². The first-order chi connectivity index (χ1) is 9.15. The maximum Gasteiger partial charge on any atom is 0.178 e.